The summed E-state index contributed by atoms with van der Waals surface area (Å²) in [6, 6.07) is 0.645. The van der Waals surface area contributed by atoms with Gasteiger partial charge in [0, 0.05) is 25.8 Å². The molecule has 0 amide bonds. The fraction of sp³-hybridized carbons (Fsp3) is 1.00. The van der Waals surface area contributed by atoms with E-state index in [-0.39, 0.29) is 0 Å². The number of likely N-dealkylation sites (N-methyl/N-ethyl adjacent to an activating group) is 1. The molecule has 0 unspecified atom stereocenters. The van der Waals surface area contributed by atoms with Crippen LogP contribution in [-0.4, -0.2) is 44.8 Å². The van der Waals surface area contributed by atoms with E-state index < -0.39 is 0 Å². The zero-order valence-corrected chi connectivity index (χ0v) is 8.15. The molecule has 0 aromatic rings. The average molecular weight is 159 g/mol. The van der Waals surface area contributed by atoms with E-state index in [1.807, 2.05) is 7.05 Å². The van der Waals surface area contributed by atoms with Crippen molar-refractivity contribution in [2.75, 3.05) is 33.9 Å². The van der Waals surface area contributed by atoms with Gasteiger partial charge in [-0.1, -0.05) is 0 Å². The maximum Gasteiger partial charge on any atom is 0.0452 e. The van der Waals surface area contributed by atoms with E-state index in [2.05, 4.69) is 36.4 Å². The van der Waals surface area contributed by atoms with Crippen LogP contribution in [0.1, 0.15) is 13.8 Å². The minimum absolute atomic E-state index is 0.645. The Morgan fingerprint density at radius 2 is 2.00 bits per heavy atom. The fourth-order valence-corrected chi connectivity index (χ4v) is 0.727. The van der Waals surface area contributed by atoms with Crippen molar-refractivity contribution in [3.63, 3.8) is 0 Å². The summed E-state index contributed by atoms with van der Waals surface area (Å²) in [6.07, 6.45) is 0. The molecule has 0 aliphatic carbocycles. The van der Waals surface area contributed by atoms with E-state index in [9.17, 15) is 0 Å². The third-order valence-corrected chi connectivity index (χ3v) is 1.82. The summed E-state index contributed by atoms with van der Waals surface area (Å²) in [4.78, 5) is 2.32. The molecular weight excluding hydrogens is 138 g/mol. The number of rotatable bonds is 6. The van der Waals surface area contributed by atoms with Gasteiger partial charge >= 0.3 is 0 Å². The van der Waals surface area contributed by atoms with Crippen molar-refractivity contribution in [2.24, 2.45) is 0 Å². The topological polar surface area (TPSA) is 27.3 Å². The van der Waals surface area contributed by atoms with Crippen molar-refractivity contribution in [3.05, 3.63) is 0 Å². The van der Waals surface area contributed by atoms with Crippen LogP contribution >= 0.6 is 0 Å². The second kappa shape index (κ2) is 6.58. The van der Waals surface area contributed by atoms with Crippen LogP contribution in [0.4, 0.5) is 0 Å². The minimum Gasteiger partial charge on any atom is -0.308 e. The smallest absolute Gasteiger partial charge is 0.0452 e. The first-order chi connectivity index (χ1) is 5.18. The first kappa shape index (κ1) is 10.9. The highest BCUT2D eigenvalue weighted by atomic mass is 15.1. The van der Waals surface area contributed by atoms with E-state index in [0.717, 1.165) is 19.8 Å². The van der Waals surface area contributed by atoms with Gasteiger partial charge in [-0.25, -0.2) is 0 Å². The van der Waals surface area contributed by atoms with Gasteiger partial charge in [-0.3, -0.25) is 0 Å². The molecule has 0 bridgehead atoms. The molecule has 0 aliphatic heterocycles. The molecule has 0 heterocycles. The highest BCUT2D eigenvalue weighted by Gasteiger charge is 2.00. The SMILES string of the molecule is CNCNCCN(C)C(C)C. The van der Waals surface area contributed by atoms with Crippen LogP contribution < -0.4 is 10.6 Å². The molecule has 68 valence electrons. The summed E-state index contributed by atoms with van der Waals surface area (Å²) in [6.45, 7) is 7.47. The van der Waals surface area contributed by atoms with E-state index in [1.165, 1.54) is 0 Å². The molecule has 0 spiro atoms. The second-order valence-electron chi connectivity index (χ2n) is 3.10. The van der Waals surface area contributed by atoms with Crippen molar-refractivity contribution in [1.82, 2.24) is 15.5 Å². The zero-order chi connectivity index (χ0) is 8.69. The molecule has 2 N–H and O–H groups in total. The molecule has 0 fully saturated rings. The van der Waals surface area contributed by atoms with Gasteiger partial charge in [-0.15, -0.1) is 0 Å². The summed E-state index contributed by atoms with van der Waals surface area (Å²) in [5.41, 5.74) is 0. The third kappa shape index (κ3) is 6.28. The minimum atomic E-state index is 0.645. The molecule has 0 aliphatic rings. The second-order valence-corrected chi connectivity index (χ2v) is 3.10. The highest BCUT2D eigenvalue weighted by Crippen LogP contribution is 1.90. The van der Waals surface area contributed by atoms with Crippen molar-refractivity contribution in [2.45, 2.75) is 19.9 Å². The van der Waals surface area contributed by atoms with Gasteiger partial charge in [-0.05, 0) is 27.9 Å². The lowest BCUT2D eigenvalue weighted by Crippen LogP contribution is -2.36. The Morgan fingerprint density at radius 1 is 1.36 bits per heavy atom. The van der Waals surface area contributed by atoms with Crippen LogP contribution in [-0.2, 0) is 0 Å². The fourth-order valence-electron chi connectivity index (χ4n) is 0.727. The van der Waals surface area contributed by atoms with Crippen molar-refractivity contribution in [3.8, 4) is 0 Å². The quantitative estimate of drug-likeness (QED) is 0.425. The Kier molecular flexibility index (Phi) is 6.51. The largest absolute Gasteiger partial charge is 0.308 e. The Hall–Kier alpha value is -0.120. The first-order valence-corrected chi connectivity index (χ1v) is 4.24. The molecular formula is C8H21N3. The Balaban J connectivity index is 3.10. The summed E-state index contributed by atoms with van der Waals surface area (Å²) in [5.74, 6) is 0. The van der Waals surface area contributed by atoms with Crippen LogP contribution in [0.3, 0.4) is 0 Å². The normalized spacial score (nSPS) is 11.5. The molecule has 0 saturated carbocycles. The molecule has 0 radical (unpaired) electrons. The van der Waals surface area contributed by atoms with Crippen LogP contribution in [0.5, 0.6) is 0 Å². The first-order valence-electron chi connectivity index (χ1n) is 4.24. The van der Waals surface area contributed by atoms with Gasteiger partial charge in [0.25, 0.3) is 0 Å². The van der Waals surface area contributed by atoms with Gasteiger partial charge in [0.15, 0.2) is 0 Å². The predicted molar refractivity (Wildman–Crippen MR) is 49.7 cm³/mol. The molecule has 0 atom stereocenters. The molecule has 11 heavy (non-hydrogen) atoms. The zero-order valence-electron chi connectivity index (χ0n) is 8.15. The molecule has 0 saturated heterocycles. The molecule has 3 heteroatoms. The Labute approximate surface area is 70.2 Å². The molecule has 3 nitrogen and oxygen atoms in total. The van der Waals surface area contributed by atoms with Gasteiger partial charge in [0.2, 0.25) is 0 Å². The number of hydrogen-bond acceptors (Lipinski definition) is 3. The summed E-state index contributed by atoms with van der Waals surface area (Å²) >= 11 is 0. The lowest BCUT2D eigenvalue weighted by atomic mass is 10.3. The van der Waals surface area contributed by atoms with Crippen molar-refractivity contribution in [1.29, 1.82) is 0 Å². The molecule has 0 rings (SSSR count). The molecule has 0 aromatic carbocycles. The summed E-state index contributed by atoms with van der Waals surface area (Å²) < 4.78 is 0. The maximum atomic E-state index is 3.27. The Bertz CT molecular complexity index is 83.4. The number of nitrogens with one attached hydrogen (secondary N) is 2. The summed E-state index contributed by atoms with van der Waals surface area (Å²) in [7, 11) is 4.09. The van der Waals surface area contributed by atoms with Gasteiger partial charge in [0.1, 0.15) is 0 Å². The number of nitrogens with zero attached hydrogens (tertiary/aromatic N) is 1. The van der Waals surface area contributed by atoms with Crippen LogP contribution in [0.25, 0.3) is 0 Å². The van der Waals surface area contributed by atoms with Gasteiger partial charge < -0.3 is 15.5 Å². The lowest BCUT2D eigenvalue weighted by molar-refractivity contribution is 0.273. The molecule has 0 aromatic heterocycles. The van der Waals surface area contributed by atoms with E-state index >= 15 is 0 Å². The van der Waals surface area contributed by atoms with Crippen LogP contribution in [0.15, 0.2) is 0 Å². The Morgan fingerprint density at radius 3 is 2.45 bits per heavy atom. The lowest BCUT2D eigenvalue weighted by Gasteiger charge is -2.20. The monoisotopic (exact) mass is 159 g/mol. The van der Waals surface area contributed by atoms with E-state index in [1.54, 1.807) is 0 Å². The van der Waals surface area contributed by atoms with Crippen LogP contribution in [0.2, 0.25) is 0 Å². The standard InChI is InChI=1S/C8H21N3/c1-8(2)11(4)6-5-10-7-9-3/h8-10H,5-7H2,1-4H3. The maximum absolute atomic E-state index is 3.27. The summed E-state index contributed by atoms with van der Waals surface area (Å²) in [5, 5.41) is 6.31. The highest BCUT2D eigenvalue weighted by molar-refractivity contribution is 4.57. The average Bonchev–Trinajstić information content (AvgIpc) is 1.97. The number of hydrogen-bond donors (Lipinski definition) is 2. The van der Waals surface area contributed by atoms with Crippen molar-refractivity contribution >= 4 is 0 Å². The van der Waals surface area contributed by atoms with Crippen molar-refractivity contribution < 1.29 is 0 Å². The van der Waals surface area contributed by atoms with E-state index in [4.69, 9.17) is 0 Å². The van der Waals surface area contributed by atoms with Gasteiger partial charge in [-0.2, -0.15) is 0 Å². The van der Waals surface area contributed by atoms with Crippen LogP contribution in [0, 0.1) is 0 Å². The predicted octanol–water partition coefficient (Wildman–Crippen LogP) is 0.0931. The van der Waals surface area contributed by atoms with E-state index in [0.29, 0.717) is 6.04 Å². The van der Waals surface area contributed by atoms with Gasteiger partial charge in [0.05, 0.1) is 0 Å². The third-order valence-electron chi connectivity index (χ3n) is 1.82.